The maximum absolute atomic E-state index is 11.6. The number of pyridine rings is 1. The smallest absolute Gasteiger partial charge is 0.249 e. The van der Waals surface area contributed by atoms with Crippen LogP contribution in [0.15, 0.2) is 18.3 Å². The molecule has 0 aliphatic carbocycles. The van der Waals surface area contributed by atoms with E-state index in [0.717, 1.165) is 5.56 Å². The third-order valence-corrected chi connectivity index (χ3v) is 2.26. The van der Waals surface area contributed by atoms with Crippen molar-refractivity contribution < 1.29 is 14.3 Å². The lowest BCUT2D eigenvalue weighted by Crippen LogP contribution is -2.34. The molecule has 0 unspecified atom stereocenters. The first kappa shape index (κ1) is 13.4. The van der Waals surface area contributed by atoms with Crippen molar-refractivity contribution in [3.8, 4) is 5.88 Å². The molecule has 0 saturated heterocycles. The van der Waals surface area contributed by atoms with Gasteiger partial charge >= 0.3 is 0 Å². The fourth-order valence-corrected chi connectivity index (χ4v) is 1.33. The van der Waals surface area contributed by atoms with Crippen LogP contribution < -0.4 is 10.1 Å². The summed E-state index contributed by atoms with van der Waals surface area (Å²) in [5, 5.41) is 2.79. The van der Waals surface area contributed by atoms with Gasteiger partial charge in [0.1, 0.15) is 6.10 Å². The Morgan fingerprint density at radius 3 is 3.00 bits per heavy atom. The minimum atomic E-state index is -0.427. The zero-order chi connectivity index (χ0) is 12.7. The van der Waals surface area contributed by atoms with Crippen LogP contribution in [0.5, 0.6) is 5.88 Å². The number of carbonyl (C=O) groups excluding carboxylic acids is 1. The predicted molar refractivity (Wildman–Crippen MR) is 63.7 cm³/mol. The fourth-order valence-electron chi connectivity index (χ4n) is 1.33. The van der Waals surface area contributed by atoms with E-state index in [4.69, 9.17) is 9.47 Å². The fraction of sp³-hybridized carbons (Fsp3) is 0.500. The maximum Gasteiger partial charge on any atom is 0.249 e. The summed E-state index contributed by atoms with van der Waals surface area (Å²) in [6, 6.07) is 3.61. The van der Waals surface area contributed by atoms with Gasteiger partial charge in [-0.15, -0.1) is 0 Å². The van der Waals surface area contributed by atoms with Crippen LogP contribution in [0.25, 0.3) is 0 Å². The van der Waals surface area contributed by atoms with Gasteiger partial charge in [-0.3, -0.25) is 4.79 Å². The van der Waals surface area contributed by atoms with E-state index in [0.29, 0.717) is 19.0 Å². The third-order valence-electron chi connectivity index (χ3n) is 2.26. The molecule has 1 heterocycles. The van der Waals surface area contributed by atoms with Crippen LogP contribution in [0.2, 0.25) is 0 Å². The molecule has 1 atom stereocenters. The molecule has 0 bridgehead atoms. The lowest BCUT2D eigenvalue weighted by Gasteiger charge is -2.12. The summed E-state index contributed by atoms with van der Waals surface area (Å²) in [7, 11) is 1.56. The SMILES string of the molecule is CCO[C@@H](C)C(=O)NCc1ccnc(OC)c1. The topological polar surface area (TPSA) is 60.5 Å². The zero-order valence-corrected chi connectivity index (χ0v) is 10.4. The summed E-state index contributed by atoms with van der Waals surface area (Å²) in [6.45, 7) is 4.55. The lowest BCUT2D eigenvalue weighted by atomic mass is 10.2. The normalized spacial score (nSPS) is 11.9. The molecule has 0 aromatic carbocycles. The minimum absolute atomic E-state index is 0.123. The Hall–Kier alpha value is -1.62. The summed E-state index contributed by atoms with van der Waals surface area (Å²) in [5.41, 5.74) is 0.939. The van der Waals surface area contributed by atoms with Crippen molar-refractivity contribution in [3.05, 3.63) is 23.9 Å². The van der Waals surface area contributed by atoms with Gasteiger partial charge < -0.3 is 14.8 Å². The number of rotatable bonds is 6. The number of hydrogen-bond acceptors (Lipinski definition) is 4. The molecule has 5 heteroatoms. The summed E-state index contributed by atoms with van der Waals surface area (Å²) < 4.78 is 10.2. The van der Waals surface area contributed by atoms with Gasteiger partial charge in [0.2, 0.25) is 11.8 Å². The zero-order valence-electron chi connectivity index (χ0n) is 10.4. The van der Waals surface area contributed by atoms with Gasteiger partial charge in [0.15, 0.2) is 0 Å². The number of carbonyl (C=O) groups is 1. The van der Waals surface area contributed by atoms with E-state index >= 15 is 0 Å². The monoisotopic (exact) mass is 238 g/mol. The van der Waals surface area contributed by atoms with Crippen LogP contribution in [0, 0.1) is 0 Å². The van der Waals surface area contributed by atoms with Crippen molar-refractivity contribution >= 4 is 5.91 Å². The molecule has 0 saturated carbocycles. The van der Waals surface area contributed by atoms with E-state index in [9.17, 15) is 4.79 Å². The van der Waals surface area contributed by atoms with Gasteiger partial charge in [0.05, 0.1) is 7.11 Å². The van der Waals surface area contributed by atoms with E-state index in [1.807, 2.05) is 13.0 Å². The Kier molecular flexibility index (Phi) is 5.42. The van der Waals surface area contributed by atoms with Gasteiger partial charge in [-0.25, -0.2) is 4.98 Å². The Balaban J connectivity index is 2.46. The molecular formula is C12H18N2O3. The van der Waals surface area contributed by atoms with Crippen LogP contribution in [0.1, 0.15) is 19.4 Å². The number of nitrogens with one attached hydrogen (secondary N) is 1. The average Bonchev–Trinajstić information content (AvgIpc) is 2.36. The van der Waals surface area contributed by atoms with E-state index < -0.39 is 6.10 Å². The number of aromatic nitrogens is 1. The van der Waals surface area contributed by atoms with Crippen LogP contribution in [-0.4, -0.2) is 30.7 Å². The Morgan fingerprint density at radius 2 is 2.35 bits per heavy atom. The Morgan fingerprint density at radius 1 is 1.59 bits per heavy atom. The number of amides is 1. The van der Waals surface area contributed by atoms with E-state index in [1.165, 1.54) is 0 Å². The highest BCUT2D eigenvalue weighted by atomic mass is 16.5. The highest BCUT2D eigenvalue weighted by Crippen LogP contribution is 2.08. The first-order valence-corrected chi connectivity index (χ1v) is 5.55. The molecule has 1 aromatic heterocycles. The Bertz CT molecular complexity index is 369. The van der Waals surface area contributed by atoms with Crippen LogP contribution >= 0.6 is 0 Å². The first-order valence-electron chi connectivity index (χ1n) is 5.55. The maximum atomic E-state index is 11.6. The van der Waals surface area contributed by atoms with Crippen molar-refractivity contribution in [2.45, 2.75) is 26.5 Å². The molecule has 0 aliphatic rings. The molecule has 0 radical (unpaired) electrons. The van der Waals surface area contributed by atoms with Crippen LogP contribution in [0.4, 0.5) is 0 Å². The van der Waals surface area contributed by atoms with Crippen molar-refractivity contribution in [1.82, 2.24) is 10.3 Å². The van der Waals surface area contributed by atoms with Crippen molar-refractivity contribution in [2.24, 2.45) is 0 Å². The average molecular weight is 238 g/mol. The largest absolute Gasteiger partial charge is 0.481 e. The second-order valence-corrected chi connectivity index (χ2v) is 3.52. The number of ether oxygens (including phenoxy) is 2. The molecule has 17 heavy (non-hydrogen) atoms. The highest BCUT2D eigenvalue weighted by Gasteiger charge is 2.11. The lowest BCUT2D eigenvalue weighted by molar-refractivity contribution is -0.131. The molecule has 1 N–H and O–H groups in total. The van der Waals surface area contributed by atoms with E-state index in [2.05, 4.69) is 10.3 Å². The molecule has 0 aliphatic heterocycles. The number of methoxy groups -OCH3 is 1. The number of nitrogens with zero attached hydrogens (tertiary/aromatic N) is 1. The van der Waals surface area contributed by atoms with Gasteiger partial charge in [0.25, 0.3) is 0 Å². The number of hydrogen-bond donors (Lipinski definition) is 1. The van der Waals surface area contributed by atoms with Gasteiger partial charge in [-0.05, 0) is 25.5 Å². The van der Waals surface area contributed by atoms with Gasteiger partial charge in [-0.1, -0.05) is 0 Å². The van der Waals surface area contributed by atoms with Crippen molar-refractivity contribution in [3.63, 3.8) is 0 Å². The molecule has 94 valence electrons. The minimum Gasteiger partial charge on any atom is -0.481 e. The van der Waals surface area contributed by atoms with Crippen LogP contribution in [-0.2, 0) is 16.1 Å². The van der Waals surface area contributed by atoms with Gasteiger partial charge in [0, 0.05) is 25.4 Å². The quantitative estimate of drug-likeness (QED) is 0.807. The second-order valence-electron chi connectivity index (χ2n) is 3.52. The molecule has 5 nitrogen and oxygen atoms in total. The Labute approximate surface area is 101 Å². The molecule has 0 fully saturated rings. The summed E-state index contributed by atoms with van der Waals surface area (Å²) in [5.74, 6) is 0.414. The third kappa shape index (κ3) is 4.40. The van der Waals surface area contributed by atoms with Gasteiger partial charge in [-0.2, -0.15) is 0 Å². The molecule has 1 aromatic rings. The van der Waals surface area contributed by atoms with E-state index in [1.54, 1.807) is 26.3 Å². The summed E-state index contributed by atoms with van der Waals surface area (Å²) in [6.07, 6.45) is 1.22. The molecular weight excluding hydrogens is 220 g/mol. The summed E-state index contributed by atoms with van der Waals surface area (Å²) >= 11 is 0. The molecule has 1 rings (SSSR count). The predicted octanol–water partition coefficient (Wildman–Crippen LogP) is 1.13. The van der Waals surface area contributed by atoms with Crippen molar-refractivity contribution in [1.29, 1.82) is 0 Å². The molecule has 1 amide bonds. The highest BCUT2D eigenvalue weighted by molar-refractivity contribution is 5.80. The standard InChI is InChI=1S/C12H18N2O3/c1-4-17-9(2)12(15)14-8-10-5-6-13-11(7-10)16-3/h5-7,9H,4,8H2,1-3H3,(H,14,15)/t9-/m0/s1. The molecule has 0 spiro atoms. The van der Waals surface area contributed by atoms with Crippen LogP contribution in [0.3, 0.4) is 0 Å². The van der Waals surface area contributed by atoms with E-state index in [-0.39, 0.29) is 5.91 Å². The second kappa shape index (κ2) is 6.85. The summed E-state index contributed by atoms with van der Waals surface area (Å²) in [4.78, 5) is 15.6. The van der Waals surface area contributed by atoms with Crippen molar-refractivity contribution in [2.75, 3.05) is 13.7 Å². The first-order chi connectivity index (χ1) is 8.17.